The summed E-state index contributed by atoms with van der Waals surface area (Å²) in [5.41, 5.74) is 0.857. The molecule has 0 saturated carbocycles. The minimum Gasteiger partial charge on any atom is -0.324 e. The van der Waals surface area contributed by atoms with Crippen molar-refractivity contribution < 1.29 is 0 Å². The van der Waals surface area contributed by atoms with Crippen LogP contribution in [-0.4, -0.2) is 15.0 Å². The molecule has 0 aliphatic rings. The first kappa shape index (κ1) is 13.7. The van der Waals surface area contributed by atoms with Crippen LogP contribution in [0, 0.1) is 0 Å². The number of nitrogens with one attached hydrogen (secondary N) is 1. The van der Waals surface area contributed by atoms with Gasteiger partial charge in [0.25, 0.3) is 0 Å². The predicted octanol–water partition coefficient (Wildman–Crippen LogP) is 3.95. The molecular formula is C11H12Cl2N4. The highest BCUT2D eigenvalue weighted by Crippen LogP contribution is 2.14. The fourth-order valence-corrected chi connectivity index (χ4v) is 1.40. The molecule has 0 amide bonds. The van der Waals surface area contributed by atoms with Gasteiger partial charge in [0.05, 0.1) is 0 Å². The van der Waals surface area contributed by atoms with Gasteiger partial charge >= 0.3 is 0 Å². The lowest BCUT2D eigenvalue weighted by Gasteiger charge is -2.03. The second kappa shape index (κ2) is 7.04. The second-order valence-corrected chi connectivity index (χ2v) is 3.36. The molecular weight excluding hydrogens is 259 g/mol. The Hall–Kier alpha value is -1.39. The molecule has 0 radical (unpaired) electrons. The number of hydrogen-bond acceptors (Lipinski definition) is 4. The molecule has 2 rings (SSSR count). The van der Waals surface area contributed by atoms with E-state index in [4.69, 9.17) is 23.2 Å². The molecule has 90 valence electrons. The number of rotatable bonds is 2. The fraction of sp³-hybridized carbons (Fsp3) is 0.182. The Morgan fingerprint density at radius 1 is 0.882 bits per heavy atom. The van der Waals surface area contributed by atoms with Gasteiger partial charge in [0, 0.05) is 5.69 Å². The molecule has 1 aromatic carbocycles. The highest BCUT2D eigenvalue weighted by molar-refractivity contribution is 6.31. The van der Waals surface area contributed by atoms with Gasteiger partial charge in [-0.3, -0.25) is 0 Å². The van der Waals surface area contributed by atoms with Crippen molar-refractivity contribution in [2.75, 3.05) is 5.32 Å². The first-order valence-electron chi connectivity index (χ1n) is 5.13. The first-order chi connectivity index (χ1) is 8.24. The maximum Gasteiger partial charge on any atom is 0.232 e. The smallest absolute Gasteiger partial charge is 0.232 e. The summed E-state index contributed by atoms with van der Waals surface area (Å²) in [5, 5.41) is 3.08. The van der Waals surface area contributed by atoms with E-state index >= 15 is 0 Å². The maximum absolute atomic E-state index is 5.63. The molecule has 0 aliphatic carbocycles. The molecule has 0 bridgehead atoms. The summed E-state index contributed by atoms with van der Waals surface area (Å²) in [7, 11) is 0. The van der Waals surface area contributed by atoms with Crippen LogP contribution in [-0.2, 0) is 0 Å². The number of aromatic nitrogens is 3. The van der Waals surface area contributed by atoms with E-state index in [1.807, 2.05) is 44.2 Å². The third-order valence-electron chi connectivity index (χ3n) is 1.61. The summed E-state index contributed by atoms with van der Waals surface area (Å²) < 4.78 is 0. The van der Waals surface area contributed by atoms with Crippen molar-refractivity contribution in [3.05, 3.63) is 40.9 Å². The summed E-state index contributed by atoms with van der Waals surface area (Å²) in [4.78, 5) is 11.4. The molecule has 0 aliphatic heterocycles. The number of benzene rings is 1. The molecule has 4 nitrogen and oxygen atoms in total. The predicted molar refractivity (Wildman–Crippen MR) is 70.9 cm³/mol. The molecule has 1 aromatic heterocycles. The van der Waals surface area contributed by atoms with Gasteiger partial charge in [0.1, 0.15) is 0 Å². The molecule has 0 unspecified atom stereocenters. The van der Waals surface area contributed by atoms with E-state index in [1.54, 1.807) is 0 Å². The summed E-state index contributed by atoms with van der Waals surface area (Å²) in [6.07, 6.45) is 0. The second-order valence-electron chi connectivity index (χ2n) is 2.69. The van der Waals surface area contributed by atoms with Gasteiger partial charge in [0.2, 0.25) is 16.5 Å². The van der Waals surface area contributed by atoms with Gasteiger partial charge in [0.15, 0.2) is 0 Å². The summed E-state index contributed by atoms with van der Waals surface area (Å²) >= 11 is 11.3. The number of anilines is 2. The largest absolute Gasteiger partial charge is 0.324 e. The summed E-state index contributed by atoms with van der Waals surface area (Å²) in [6.45, 7) is 4.00. The van der Waals surface area contributed by atoms with E-state index in [1.165, 1.54) is 0 Å². The lowest BCUT2D eigenvalue weighted by Crippen LogP contribution is -1.98. The fourth-order valence-electron chi connectivity index (χ4n) is 1.03. The number of nitrogens with zero attached hydrogens (tertiary/aromatic N) is 3. The number of hydrogen-bond donors (Lipinski definition) is 1. The minimum absolute atomic E-state index is 0.0634. The van der Waals surface area contributed by atoms with Gasteiger partial charge in [-0.2, -0.15) is 15.0 Å². The minimum atomic E-state index is 0.0634. The van der Waals surface area contributed by atoms with Crippen LogP contribution in [0.15, 0.2) is 30.3 Å². The summed E-state index contributed by atoms with van der Waals surface area (Å²) in [5.74, 6) is 0.325. The normalized spacial score (nSPS) is 9.18. The van der Waals surface area contributed by atoms with E-state index in [-0.39, 0.29) is 10.6 Å². The van der Waals surface area contributed by atoms with Crippen molar-refractivity contribution in [3.8, 4) is 0 Å². The van der Waals surface area contributed by atoms with Gasteiger partial charge in [-0.1, -0.05) is 32.0 Å². The van der Waals surface area contributed by atoms with Crippen molar-refractivity contribution in [1.82, 2.24) is 15.0 Å². The van der Waals surface area contributed by atoms with Crippen LogP contribution in [0.2, 0.25) is 10.6 Å². The van der Waals surface area contributed by atoms with Crippen LogP contribution in [0.4, 0.5) is 11.6 Å². The third-order valence-corrected chi connectivity index (χ3v) is 1.95. The monoisotopic (exact) mass is 270 g/mol. The zero-order valence-electron chi connectivity index (χ0n) is 9.48. The molecule has 6 heteroatoms. The highest BCUT2D eigenvalue weighted by Gasteiger charge is 2.02. The van der Waals surface area contributed by atoms with Gasteiger partial charge in [-0.15, -0.1) is 0 Å². The lowest BCUT2D eigenvalue weighted by atomic mass is 10.3. The van der Waals surface area contributed by atoms with Crippen LogP contribution in [0.3, 0.4) is 0 Å². The van der Waals surface area contributed by atoms with Crippen LogP contribution in [0.25, 0.3) is 0 Å². The first-order valence-corrected chi connectivity index (χ1v) is 5.89. The van der Waals surface area contributed by atoms with Crippen LogP contribution in [0.5, 0.6) is 0 Å². The molecule has 1 N–H and O–H groups in total. The average molecular weight is 271 g/mol. The van der Waals surface area contributed by atoms with Crippen LogP contribution in [0.1, 0.15) is 13.8 Å². The maximum atomic E-state index is 5.63. The van der Waals surface area contributed by atoms with Crippen molar-refractivity contribution in [1.29, 1.82) is 0 Å². The van der Waals surface area contributed by atoms with Gasteiger partial charge < -0.3 is 5.32 Å². The number of halogens is 2. The molecule has 0 spiro atoms. The van der Waals surface area contributed by atoms with E-state index in [2.05, 4.69) is 20.3 Å². The highest BCUT2D eigenvalue weighted by atomic mass is 35.5. The van der Waals surface area contributed by atoms with E-state index in [0.29, 0.717) is 5.95 Å². The van der Waals surface area contributed by atoms with Crippen molar-refractivity contribution in [2.45, 2.75) is 13.8 Å². The zero-order chi connectivity index (χ0) is 12.7. The molecule has 0 atom stereocenters. The Morgan fingerprint density at radius 3 is 1.94 bits per heavy atom. The Labute approximate surface area is 110 Å². The third kappa shape index (κ3) is 4.54. The molecule has 2 aromatic rings. The Balaban J connectivity index is 0.000000686. The molecule has 0 saturated heterocycles. The lowest BCUT2D eigenvalue weighted by molar-refractivity contribution is 1.05. The average Bonchev–Trinajstić information content (AvgIpc) is 2.31. The zero-order valence-corrected chi connectivity index (χ0v) is 11.0. The van der Waals surface area contributed by atoms with E-state index < -0.39 is 0 Å². The van der Waals surface area contributed by atoms with Crippen LogP contribution >= 0.6 is 23.2 Å². The standard InChI is InChI=1S/C9H6Cl2N4.C2H6/c10-7-13-8(11)15-9(14-7)12-6-4-2-1-3-5-6;1-2/h1-5H,(H,12,13,14,15);1-2H3. The van der Waals surface area contributed by atoms with E-state index in [9.17, 15) is 0 Å². The van der Waals surface area contributed by atoms with Crippen molar-refractivity contribution in [3.63, 3.8) is 0 Å². The van der Waals surface area contributed by atoms with Crippen LogP contribution < -0.4 is 5.32 Å². The number of para-hydroxylation sites is 1. The SMILES string of the molecule is CC.Clc1nc(Cl)nc(Nc2ccccc2)n1. The quantitative estimate of drug-likeness (QED) is 0.898. The Kier molecular flexibility index (Phi) is 5.66. The van der Waals surface area contributed by atoms with Crippen molar-refractivity contribution in [2.24, 2.45) is 0 Å². The summed E-state index contributed by atoms with van der Waals surface area (Å²) in [6, 6.07) is 9.47. The topological polar surface area (TPSA) is 50.7 Å². The van der Waals surface area contributed by atoms with Crippen molar-refractivity contribution >= 4 is 34.8 Å². The Morgan fingerprint density at radius 2 is 1.41 bits per heavy atom. The van der Waals surface area contributed by atoms with E-state index in [0.717, 1.165) is 5.69 Å². The molecule has 17 heavy (non-hydrogen) atoms. The molecule has 1 heterocycles. The van der Waals surface area contributed by atoms with Gasteiger partial charge in [-0.25, -0.2) is 0 Å². The molecule has 0 fully saturated rings. The Bertz CT molecular complexity index is 442. The van der Waals surface area contributed by atoms with Gasteiger partial charge in [-0.05, 0) is 35.3 Å².